The molecular formula is C15H14N4OS. The zero-order valence-electron chi connectivity index (χ0n) is 11.7. The molecule has 21 heavy (non-hydrogen) atoms. The number of aromatic nitrogens is 2. The largest absolute Gasteiger partial charge is 0.375 e. The van der Waals surface area contributed by atoms with Crippen LogP contribution < -0.4 is 11.1 Å². The van der Waals surface area contributed by atoms with E-state index in [1.165, 1.54) is 11.3 Å². The molecule has 0 spiro atoms. The predicted molar refractivity (Wildman–Crippen MR) is 85.7 cm³/mol. The van der Waals surface area contributed by atoms with E-state index in [2.05, 4.69) is 15.3 Å². The summed E-state index contributed by atoms with van der Waals surface area (Å²) in [5.74, 6) is -0.175. The van der Waals surface area contributed by atoms with Gasteiger partial charge in [0, 0.05) is 18.1 Å². The van der Waals surface area contributed by atoms with Crippen molar-refractivity contribution < 1.29 is 4.79 Å². The Morgan fingerprint density at radius 3 is 2.90 bits per heavy atom. The quantitative estimate of drug-likeness (QED) is 0.761. The molecule has 0 bridgehead atoms. The van der Waals surface area contributed by atoms with Gasteiger partial charge in [0.2, 0.25) is 0 Å². The number of nitrogens with two attached hydrogens (primary N) is 1. The van der Waals surface area contributed by atoms with Crippen molar-refractivity contribution in [1.82, 2.24) is 9.97 Å². The van der Waals surface area contributed by atoms with Crippen LogP contribution in [0.1, 0.15) is 21.5 Å². The molecule has 2 aromatic heterocycles. The van der Waals surface area contributed by atoms with Crippen molar-refractivity contribution in [3.05, 3.63) is 47.3 Å². The number of amides is 1. The Labute approximate surface area is 125 Å². The van der Waals surface area contributed by atoms with Gasteiger partial charge in [0.15, 0.2) is 5.13 Å². The molecule has 0 aliphatic carbocycles. The Balaban J connectivity index is 2.02. The molecule has 106 valence electrons. The van der Waals surface area contributed by atoms with Gasteiger partial charge in [-0.05, 0) is 43.2 Å². The van der Waals surface area contributed by atoms with Gasteiger partial charge in [-0.25, -0.2) is 4.98 Å². The van der Waals surface area contributed by atoms with Gasteiger partial charge < -0.3 is 11.1 Å². The molecule has 5 nitrogen and oxygen atoms in total. The van der Waals surface area contributed by atoms with Gasteiger partial charge in [-0.1, -0.05) is 11.3 Å². The van der Waals surface area contributed by atoms with Crippen LogP contribution in [-0.2, 0) is 0 Å². The molecule has 0 unspecified atom stereocenters. The second-order valence-electron chi connectivity index (χ2n) is 4.79. The summed E-state index contributed by atoms with van der Waals surface area (Å²) in [5, 5.41) is 3.49. The van der Waals surface area contributed by atoms with Crippen LogP contribution in [0.25, 0.3) is 10.2 Å². The number of carbonyl (C=O) groups excluding carboxylic acids is 1. The number of fused-ring (bicyclic) bond motifs is 1. The Bertz CT molecular complexity index is 827. The van der Waals surface area contributed by atoms with Gasteiger partial charge in [0.25, 0.3) is 5.91 Å². The molecule has 0 aliphatic rings. The zero-order valence-corrected chi connectivity index (χ0v) is 12.5. The number of hydrogen-bond donors (Lipinski definition) is 2. The second-order valence-corrected chi connectivity index (χ2v) is 5.82. The number of hydrogen-bond acceptors (Lipinski definition) is 5. The van der Waals surface area contributed by atoms with Gasteiger partial charge >= 0.3 is 0 Å². The maximum atomic E-state index is 12.3. The normalized spacial score (nSPS) is 10.8. The topological polar surface area (TPSA) is 80.9 Å². The Kier molecular flexibility index (Phi) is 3.31. The fraction of sp³-hybridized carbons (Fsp3) is 0.133. The predicted octanol–water partition coefficient (Wildman–Crippen LogP) is 3.14. The number of aryl methyl sites for hydroxylation is 2. The number of anilines is 2. The zero-order chi connectivity index (χ0) is 15.0. The maximum absolute atomic E-state index is 12.3. The number of thiazole rings is 1. The minimum Gasteiger partial charge on any atom is -0.375 e. The van der Waals surface area contributed by atoms with E-state index >= 15 is 0 Å². The van der Waals surface area contributed by atoms with Crippen LogP contribution in [0.5, 0.6) is 0 Å². The monoisotopic (exact) mass is 298 g/mol. The summed E-state index contributed by atoms with van der Waals surface area (Å²) in [7, 11) is 0. The third-order valence-corrected chi connectivity index (χ3v) is 4.32. The second kappa shape index (κ2) is 5.14. The van der Waals surface area contributed by atoms with Gasteiger partial charge in [-0.2, -0.15) is 0 Å². The lowest BCUT2D eigenvalue weighted by atomic mass is 10.1. The molecule has 1 amide bonds. The number of nitrogens with one attached hydrogen (secondary N) is 1. The van der Waals surface area contributed by atoms with Crippen molar-refractivity contribution in [3.63, 3.8) is 0 Å². The molecule has 0 atom stereocenters. The van der Waals surface area contributed by atoms with Crippen LogP contribution in [0.15, 0.2) is 30.6 Å². The molecule has 0 saturated carbocycles. The number of nitrogens with zero attached hydrogens (tertiary/aromatic N) is 2. The third kappa shape index (κ3) is 2.45. The molecule has 0 fully saturated rings. The first-order valence-corrected chi connectivity index (χ1v) is 7.25. The van der Waals surface area contributed by atoms with Gasteiger partial charge in [0.05, 0.1) is 15.8 Å². The summed E-state index contributed by atoms with van der Waals surface area (Å²) in [5.41, 5.74) is 9.91. The molecule has 3 N–H and O–H groups in total. The van der Waals surface area contributed by atoms with Crippen molar-refractivity contribution in [2.24, 2.45) is 0 Å². The van der Waals surface area contributed by atoms with E-state index in [1.807, 2.05) is 19.9 Å². The number of nitrogen functional groups attached to an aromatic ring is 1. The number of rotatable bonds is 2. The summed E-state index contributed by atoms with van der Waals surface area (Å²) >= 11 is 1.43. The summed E-state index contributed by atoms with van der Waals surface area (Å²) in [6, 6.07) is 5.41. The van der Waals surface area contributed by atoms with Crippen LogP contribution in [0.3, 0.4) is 0 Å². The van der Waals surface area contributed by atoms with E-state index in [9.17, 15) is 4.79 Å². The fourth-order valence-electron chi connectivity index (χ4n) is 2.28. The van der Waals surface area contributed by atoms with Gasteiger partial charge in [-0.3, -0.25) is 9.78 Å². The number of pyridine rings is 1. The SMILES string of the molecule is Cc1cc2nc(N)sc2c(C)c1NC(=O)c1cccnc1. The number of carbonyl (C=O) groups is 1. The molecule has 3 aromatic rings. The van der Waals surface area contributed by atoms with Crippen LogP contribution in [-0.4, -0.2) is 15.9 Å². The van der Waals surface area contributed by atoms with Gasteiger partial charge in [-0.15, -0.1) is 0 Å². The lowest BCUT2D eigenvalue weighted by molar-refractivity contribution is 0.102. The highest BCUT2D eigenvalue weighted by Crippen LogP contribution is 2.34. The Morgan fingerprint density at radius 1 is 1.38 bits per heavy atom. The Morgan fingerprint density at radius 2 is 2.19 bits per heavy atom. The summed E-state index contributed by atoms with van der Waals surface area (Å²) in [6.45, 7) is 3.91. The average Bonchev–Trinajstić information content (AvgIpc) is 2.85. The van der Waals surface area contributed by atoms with Gasteiger partial charge in [0.1, 0.15) is 0 Å². The van der Waals surface area contributed by atoms with E-state index in [0.29, 0.717) is 10.7 Å². The third-order valence-electron chi connectivity index (χ3n) is 3.30. The van der Waals surface area contributed by atoms with E-state index in [1.54, 1.807) is 24.5 Å². The van der Waals surface area contributed by atoms with E-state index in [-0.39, 0.29) is 5.91 Å². The summed E-state index contributed by atoms with van der Waals surface area (Å²) < 4.78 is 1.000. The van der Waals surface area contributed by atoms with Crippen molar-refractivity contribution in [3.8, 4) is 0 Å². The lowest BCUT2D eigenvalue weighted by Gasteiger charge is -2.12. The van der Waals surface area contributed by atoms with Crippen molar-refractivity contribution in [2.75, 3.05) is 11.1 Å². The van der Waals surface area contributed by atoms with Crippen LogP contribution in [0.4, 0.5) is 10.8 Å². The summed E-state index contributed by atoms with van der Waals surface area (Å²) in [4.78, 5) is 20.5. The van der Waals surface area contributed by atoms with Crippen molar-refractivity contribution >= 4 is 38.3 Å². The maximum Gasteiger partial charge on any atom is 0.257 e. The molecule has 1 aromatic carbocycles. The minimum absolute atomic E-state index is 0.175. The molecule has 3 rings (SSSR count). The first-order chi connectivity index (χ1) is 10.1. The van der Waals surface area contributed by atoms with E-state index in [4.69, 9.17) is 5.73 Å². The first kappa shape index (κ1) is 13.5. The van der Waals surface area contributed by atoms with E-state index < -0.39 is 0 Å². The molecule has 6 heteroatoms. The standard InChI is InChI=1S/C15H14N4OS/c1-8-6-11-13(21-15(16)18-11)9(2)12(8)19-14(20)10-4-3-5-17-7-10/h3-7H,1-2H3,(H2,16,18)(H,19,20). The fourth-order valence-corrected chi connectivity index (χ4v) is 3.09. The molecule has 0 saturated heterocycles. The lowest BCUT2D eigenvalue weighted by Crippen LogP contribution is -2.14. The van der Waals surface area contributed by atoms with Crippen molar-refractivity contribution in [2.45, 2.75) is 13.8 Å². The van der Waals surface area contributed by atoms with Crippen LogP contribution in [0.2, 0.25) is 0 Å². The van der Waals surface area contributed by atoms with Crippen LogP contribution >= 0.6 is 11.3 Å². The highest BCUT2D eigenvalue weighted by molar-refractivity contribution is 7.22. The van der Waals surface area contributed by atoms with Crippen molar-refractivity contribution in [1.29, 1.82) is 0 Å². The average molecular weight is 298 g/mol. The minimum atomic E-state index is -0.175. The van der Waals surface area contributed by atoms with E-state index in [0.717, 1.165) is 27.0 Å². The Hall–Kier alpha value is -2.47. The molecular weight excluding hydrogens is 284 g/mol. The molecule has 0 aliphatic heterocycles. The molecule has 0 radical (unpaired) electrons. The van der Waals surface area contributed by atoms with Crippen LogP contribution in [0, 0.1) is 13.8 Å². The highest BCUT2D eigenvalue weighted by Gasteiger charge is 2.14. The smallest absolute Gasteiger partial charge is 0.257 e. The molecule has 2 heterocycles. The first-order valence-electron chi connectivity index (χ1n) is 6.44. The highest BCUT2D eigenvalue weighted by atomic mass is 32.1. The summed E-state index contributed by atoms with van der Waals surface area (Å²) in [6.07, 6.45) is 3.18. The number of benzene rings is 1.